The quantitative estimate of drug-likeness (QED) is 0.740. The summed E-state index contributed by atoms with van der Waals surface area (Å²) in [5.74, 6) is 0.277. The summed E-state index contributed by atoms with van der Waals surface area (Å²) in [6, 6.07) is 6.94. The van der Waals surface area contributed by atoms with Crippen molar-refractivity contribution in [2.75, 3.05) is 0 Å². The van der Waals surface area contributed by atoms with E-state index in [0.29, 0.717) is 17.1 Å². The lowest BCUT2D eigenvalue weighted by Gasteiger charge is -2.17. The first-order valence-electron chi connectivity index (χ1n) is 7.18. The van der Waals surface area contributed by atoms with Gasteiger partial charge in [0, 0.05) is 24.2 Å². The predicted molar refractivity (Wildman–Crippen MR) is 82.1 cm³/mol. The first-order chi connectivity index (χ1) is 11.3. The number of aromatic nitrogens is 6. The lowest BCUT2D eigenvalue weighted by atomic mass is 10.0. The van der Waals surface area contributed by atoms with E-state index in [1.165, 1.54) is 0 Å². The number of nitrogens with zero attached hydrogens (tertiary/aromatic N) is 5. The number of hydrogen-bond donors (Lipinski definition) is 2. The summed E-state index contributed by atoms with van der Waals surface area (Å²) in [6.07, 6.45) is 5.60. The number of aromatic amines is 1. The number of hydrogen-bond acceptors (Lipinski definition) is 6. The van der Waals surface area contributed by atoms with Crippen molar-refractivity contribution in [1.29, 1.82) is 0 Å². The second kappa shape index (κ2) is 6.73. The molecule has 2 N–H and O–H groups in total. The SMILES string of the molecule is CC[C@H](NC(=O)c1ccncc1)c1ccnc(-c2nn[nH]n2)c1. The molecule has 0 radical (unpaired) electrons. The zero-order chi connectivity index (χ0) is 16.1. The van der Waals surface area contributed by atoms with Gasteiger partial charge < -0.3 is 5.32 Å². The molecule has 0 aromatic carbocycles. The Morgan fingerprint density at radius 3 is 2.78 bits per heavy atom. The average Bonchev–Trinajstić information content (AvgIpc) is 3.15. The molecule has 3 aromatic heterocycles. The first-order valence-corrected chi connectivity index (χ1v) is 7.18. The van der Waals surface area contributed by atoms with Gasteiger partial charge in [0.05, 0.1) is 6.04 Å². The molecule has 116 valence electrons. The van der Waals surface area contributed by atoms with Gasteiger partial charge in [0.25, 0.3) is 5.91 Å². The van der Waals surface area contributed by atoms with Crippen LogP contribution < -0.4 is 5.32 Å². The number of carbonyl (C=O) groups is 1. The van der Waals surface area contributed by atoms with E-state index >= 15 is 0 Å². The Hall–Kier alpha value is -3.16. The van der Waals surface area contributed by atoms with Crippen molar-refractivity contribution in [3.63, 3.8) is 0 Å². The fraction of sp³-hybridized carbons (Fsp3) is 0.200. The van der Waals surface area contributed by atoms with Crippen molar-refractivity contribution >= 4 is 5.91 Å². The molecule has 3 aromatic rings. The van der Waals surface area contributed by atoms with Crippen molar-refractivity contribution in [2.45, 2.75) is 19.4 Å². The highest BCUT2D eigenvalue weighted by Crippen LogP contribution is 2.20. The average molecular weight is 309 g/mol. The molecule has 0 fully saturated rings. The molecule has 0 saturated carbocycles. The van der Waals surface area contributed by atoms with E-state index in [0.717, 1.165) is 12.0 Å². The van der Waals surface area contributed by atoms with Crippen LogP contribution in [0.25, 0.3) is 11.5 Å². The standard InChI is InChI=1S/C15H15N7O/c1-2-12(18-15(23)10-3-6-16-7-4-10)11-5-8-17-13(9-11)14-19-21-22-20-14/h3-9,12H,2H2,1H3,(H,18,23)(H,19,20,21,22)/t12-/m0/s1. The summed E-state index contributed by atoms with van der Waals surface area (Å²) in [5, 5.41) is 16.8. The molecule has 3 rings (SSSR count). The molecule has 0 unspecified atom stereocenters. The van der Waals surface area contributed by atoms with Crippen molar-refractivity contribution in [1.82, 2.24) is 35.9 Å². The van der Waals surface area contributed by atoms with Crippen LogP contribution in [0.1, 0.15) is 35.3 Å². The molecule has 0 spiro atoms. The molecule has 0 aliphatic carbocycles. The van der Waals surface area contributed by atoms with Crippen LogP contribution in [0.15, 0.2) is 42.9 Å². The van der Waals surface area contributed by atoms with Crippen LogP contribution in [0, 0.1) is 0 Å². The van der Waals surface area contributed by atoms with E-state index < -0.39 is 0 Å². The van der Waals surface area contributed by atoms with Crippen LogP contribution >= 0.6 is 0 Å². The smallest absolute Gasteiger partial charge is 0.251 e. The van der Waals surface area contributed by atoms with Gasteiger partial charge in [-0.05, 0) is 41.5 Å². The Kier molecular flexibility index (Phi) is 4.32. The summed E-state index contributed by atoms with van der Waals surface area (Å²) >= 11 is 0. The third-order valence-electron chi connectivity index (χ3n) is 3.42. The van der Waals surface area contributed by atoms with Gasteiger partial charge in [-0.1, -0.05) is 6.92 Å². The van der Waals surface area contributed by atoms with Crippen LogP contribution in [0.4, 0.5) is 0 Å². The van der Waals surface area contributed by atoms with Gasteiger partial charge >= 0.3 is 0 Å². The summed E-state index contributed by atoms with van der Waals surface area (Å²) in [7, 11) is 0. The van der Waals surface area contributed by atoms with Gasteiger partial charge in [-0.25, -0.2) is 0 Å². The summed E-state index contributed by atoms with van der Waals surface area (Å²) in [6.45, 7) is 2.01. The van der Waals surface area contributed by atoms with E-state index in [9.17, 15) is 4.79 Å². The van der Waals surface area contributed by atoms with Crippen LogP contribution in [0.3, 0.4) is 0 Å². The molecule has 0 saturated heterocycles. The van der Waals surface area contributed by atoms with Gasteiger partial charge in [0.1, 0.15) is 5.69 Å². The largest absolute Gasteiger partial charge is 0.345 e. The second-order valence-corrected chi connectivity index (χ2v) is 4.88. The normalized spacial score (nSPS) is 11.9. The highest BCUT2D eigenvalue weighted by atomic mass is 16.1. The van der Waals surface area contributed by atoms with E-state index in [4.69, 9.17) is 0 Å². The number of amides is 1. The maximum Gasteiger partial charge on any atom is 0.251 e. The second-order valence-electron chi connectivity index (χ2n) is 4.88. The maximum atomic E-state index is 12.3. The Morgan fingerprint density at radius 1 is 1.26 bits per heavy atom. The number of tetrazole rings is 1. The van der Waals surface area contributed by atoms with Crippen molar-refractivity contribution in [3.05, 3.63) is 54.0 Å². The molecule has 8 nitrogen and oxygen atoms in total. The number of carbonyl (C=O) groups excluding carboxylic acids is 1. The van der Waals surface area contributed by atoms with Crippen LogP contribution in [-0.2, 0) is 0 Å². The Balaban J connectivity index is 1.81. The highest BCUT2D eigenvalue weighted by Gasteiger charge is 2.16. The Morgan fingerprint density at radius 2 is 2.09 bits per heavy atom. The summed E-state index contributed by atoms with van der Waals surface area (Å²) < 4.78 is 0. The van der Waals surface area contributed by atoms with Crippen molar-refractivity contribution in [2.24, 2.45) is 0 Å². The van der Waals surface area contributed by atoms with Crippen molar-refractivity contribution < 1.29 is 4.79 Å². The number of pyridine rings is 2. The van der Waals surface area contributed by atoms with Gasteiger partial charge in [-0.2, -0.15) is 5.21 Å². The Labute approximate surface area is 132 Å². The first kappa shape index (κ1) is 14.8. The van der Waals surface area contributed by atoms with E-state index in [2.05, 4.69) is 35.9 Å². The predicted octanol–water partition coefficient (Wildman–Crippen LogP) is 1.54. The number of nitrogens with one attached hydrogen (secondary N) is 2. The molecule has 0 bridgehead atoms. The molecule has 0 aliphatic heterocycles. The molecule has 8 heteroatoms. The lowest BCUT2D eigenvalue weighted by Crippen LogP contribution is -2.28. The topological polar surface area (TPSA) is 109 Å². The minimum Gasteiger partial charge on any atom is -0.345 e. The summed E-state index contributed by atoms with van der Waals surface area (Å²) in [5.41, 5.74) is 2.11. The van der Waals surface area contributed by atoms with Gasteiger partial charge in [0.2, 0.25) is 5.82 Å². The van der Waals surface area contributed by atoms with E-state index in [1.54, 1.807) is 30.7 Å². The third-order valence-corrected chi connectivity index (χ3v) is 3.42. The number of rotatable bonds is 5. The van der Waals surface area contributed by atoms with Gasteiger partial charge in [-0.3, -0.25) is 14.8 Å². The third kappa shape index (κ3) is 3.37. The van der Waals surface area contributed by atoms with E-state index in [-0.39, 0.29) is 11.9 Å². The van der Waals surface area contributed by atoms with Crippen LogP contribution in [-0.4, -0.2) is 36.5 Å². The number of H-pyrrole nitrogens is 1. The molecular formula is C15H15N7O. The zero-order valence-corrected chi connectivity index (χ0v) is 12.5. The minimum absolute atomic E-state index is 0.135. The molecule has 23 heavy (non-hydrogen) atoms. The summed E-state index contributed by atoms with van der Waals surface area (Å²) in [4.78, 5) is 20.5. The molecular weight excluding hydrogens is 294 g/mol. The molecule has 1 amide bonds. The van der Waals surface area contributed by atoms with E-state index in [1.807, 2.05) is 19.1 Å². The maximum absolute atomic E-state index is 12.3. The molecule has 3 heterocycles. The van der Waals surface area contributed by atoms with Crippen molar-refractivity contribution in [3.8, 4) is 11.5 Å². The monoisotopic (exact) mass is 309 g/mol. The minimum atomic E-state index is -0.142. The lowest BCUT2D eigenvalue weighted by molar-refractivity contribution is 0.0935. The Bertz CT molecular complexity index is 774. The van der Waals surface area contributed by atoms with Gasteiger partial charge in [0.15, 0.2) is 0 Å². The zero-order valence-electron chi connectivity index (χ0n) is 12.5. The fourth-order valence-corrected chi connectivity index (χ4v) is 2.22. The van der Waals surface area contributed by atoms with Crippen LogP contribution in [0.2, 0.25) is 0 Å². The highest BCUT2D eigenvalue weighted by molar-refractivity contribution is 5.94. The van der Waals surface area contributed by atoms with Crippen LogP contribution in [0.5, 0.6) is 0 Å². The fourth-order valence-electron chi connectivity index (χ4n) is 2.22. The molecule has 1 atom stereocenters. The van der Waals surface area contributed by atoms with Gasteiger partial charge in [-0.15, -0.1) is 10.2 Å². The molecule has 0 aliphatic rings.